The van der Waals surface area contributed by atoms with E-state index >= 15 is 0 Å². The SMILES string of the molecule is COCCOCCOCCOCCOCCOCCOCCOCSC(=O)CN(CCN(CCCNC(C(=O)OC)C(=O)OC)C(=O)OC)CC(=O)OC. The average Bonchev–Trinajstić information content (AvgIpc) is 3.18. The molecule has 0 aromatic carbocycles. The lowest BCUT2D eigenvalue weighted by atomic mass is 10.2. The molecular formula is C33H61N3O17S. The lowest BCUT2D eigenvalue weighted by Crippen LogP contribution is -2.46. The topological polar surface area (TPSA) is 215 Å². The second-order valence-corrected chi connectivity index (χ2v) is 11.7. The van der Waals surface area contributed by atoms with Crippen LogP contribution in [0.5, 0.6) is 0 Å². The molecule has 0 unspecified atom stereocenters. The molecule has 0 aromatic rings. The Bertz CT molecular complexity index is 968. The molecular weight excluding hydrogens is 742 g/mol. The van der Waals surface area contributed by atoms with Crippen molar-refractivity contribution in [2.45, 2.75) is 12.5 Å². The van der Waals surface area contributed by atoms with E-state index in [0.717, 1.165) is 26.0 Å². The predicted molar refractivity (Wildman–Crippen MR) is 193 cm³/mol. The Morgan fingerprint density at radius 2 is 1.00 bits per heavy atom. The highest BCUT2D eigenvalue weighted by Gasteiger charge is 2.28. The van der Waals surface area contributed by atoms with Crippen molar-refractivity contribution in [2.75, 3.05) is 173 Å². The molecule has 1 amide bonds. The number of nitrogens with zero attached hydrogens (tertiary/aromatic N) is 2. The number of ether oxygens (including phenoxy) is 12. The van der Waals surface area contributed by atoms with Gasteiger partial charge in [0.15, 0.2) is 0 Å². The number of hydrogen-bond donors (Lipinski definition) is 1. The van der Waals surface area contributed by atoms with Crippen LogP contribution in [0.25, 0.3) is 0 Å². The smallest absolute Gasteiger partial charge is 0.409 e. The van der Waals surface area contributed by atoms with Crippen molar-refractivity contribution in [3.05, 3.63) is 0 Å². The Hall–Kier alpha value is -2.70. The maximum Gasteiger partial charge on any atom is 0.409 e. The Kier molecular flexibility index (Phi) is 35.4. The Morgan fingerprint density at radius 1 is 0.537 bits per heavy atom. The Balaban J connectivity index is 4.12. The van der Waals surface area contributed by atoms with E-state index in [2.05, 4.69) is 14.8 Å². The first kappa shape index (κ1) is 51.3. The zero-order valence-electron chi connectivity index (χ0n) is 32.4. The molecule has 1 N–H and O–H groups in total. The average molecular weight is 804 g/mol. The number of hydrogen-bond acceptors (Lipinski definition) is 20. The summed E-state index contributed by atoms with van der Waals surface area (Å²) >= 11 is 0.942. The van der Waals surface area contributed by atoms with Gasteiger partial charge in [-0.1, -0.05) is 11.8 Å². The third-order valence-electron chi connectivity index (χ3n) is 6.85. The zero-order valence-corrected chi connectivity index (χ0v) is 33.2. The molecule has 0 radical (unpaired) electrons. The van der Waals surface area contributed by atoms with Crippen molar-refractivity contribution in [3.8, 4) is 0 Å². The number of amides is 1. The monoisotopic (exact) mass is 803 g/mol. The van der Waals surface area contributed by atoms with E-state index in [4.69, 9.17) is 47.4 Å². The van der Waals surface area contributed by atoms with Crippen molar-refractivity contribution < 1.29 is 80.8 Å². The van der Waals surface area contributed by atoms with Crippen LogP contribution in [0.3, 0.4) is 0 Å². The number of carbonyl (C=O) groups excluding carboxylic acids is 5. The van der Waals surface area contributed by atoms with Gasteiger partial charge in [-0.05, 0) is 13.0 Å². The fourth-order valence-corrected chi connectivity index (χ4v) is 4.62. The molecule has 0 spiro atoms. The summed E-state index contributed by atoms with van der Waals surface area (Å²) in [5.41, 5.74) is 0. The third kappa shape index (κ3) is 29.6. The lowest BCUT2D eigenvalue weighted by molar-refractivity contribution is -0.155. The van der Waals surface area contributed by atoms with Crippen LogP contribution in [-0.4, -0.2) is 218 Å². The summed E-state index contributed by atoms with van der Waals surface area (Å²) in [7, 11) is 6.38. The molecule has 0 atom stereocenters. The molecule has 0 rings (SSSR count). The molecule has 20 nitrogen and oxygen atoms in total. The van der Waals surface area contributed by atoms with Crippen molar-refractivity contribution >= 4 is 40.9 Å². The number of nitrogens with one attached hydrogen (secondary N) is 1. The first-order chi connectivity index (χ1) is 26.2. The summed E-state index contributed by atoms with van der Waals surface area (Å²) < 4.78 is 61.7. The molecule has 0 heterocycles. The van der Waals surface area contributed by atoms with Crippen LogP contribution in [0.15, 0.2) is 0 Å². The normalized spacial score (nSPS) is 11.2. The molecule has 0 aliphatic rings. The van der Waals surface area contributed by atoms with Gasteiger partial charge in [-0.2, -0.15) is 0 Å². The first-order valence-corrected chi connectivity index (χ1v) is 18.4. The van der Waals surface area contributed by atoms with Gasteiger partial charge in [0.05, 0.1) is 140 Å². The molecule has 0 fully saturated rings. The highest BCUT2D eigenvalue weighted by molar-refractivity contribution is 8.13. The van der Waals surface area contributed by atoms with Crippen molar-refractivity contribution in [1.82, 2.24) is 15.1 Å². The van der Waals surface area contributed by atoms with Gasteiger partial charge in [0.2, 0.25) is 11.2 Å². The molecule has 0 aromatic heterocycles. The summed E-state index contributed by atoms with van der Waals surface area (Å²) in [6.45, 7) is 6.58. The van der Waals surface area contributed by atoms with Gasteiger partial charge >= 0.3 is 24.0 Å². The summed E-state index contributed by atoms with van der Waals surface area (Å²) in [5.74, 6) is -2.08. The minimum absolute atomic E-state index is 0.0859. The van der Waals surface area contributed by atoms with Gasteiger partial charge in [0, 0.05) is 26.7 Å². The van der Waals surface area contributed by atoms with E-state index in [0.29, 0.717) is 92.3 Å². The summed E-state index contributed by atoms with van der Waals surface area (Å²) in [4.78, 5) is 63.6. The molecule has 0 saturated carbocycles. The minimum atomic E-state index is -1.31. The highest BCUT2D eigenvalue weighted by atomic mass is 32.2. The zero-order chi connectivity index (χ0) is 40.1. The standard InChI is InChI=1S/C33H61N3O17S/c1-42-11-12-47-13-14-48-15-16-49-17-18-50-19-20-51-21-22-52-23-24-53-27-54-29(38)26-35(25-28(37)43-2)9-10-36(33(41)46-5)8-6-7-34-30(31(39)44-3)32(40)45-4/h30,34H,6-27H2,1-5H3. The number of thioether (sulfide) groups is 1. The first-order valence-electron chi connectivity index (χ1n) is 17.4. The molecule has 0 bridgehead atoms. The van der Waals surface area contributed by atoms with E-state index < -0.39 is 30.0 Å². The molecule has 0 saturated heterocycles. The Labute approximate surface area is 322 Å². The molecule has 316 valence electrons. The second-order valence-electron chi connectivity index (χ2n) is 10.7. The van der Waals surface area contributed by atoms with Gasteiger partial charge < -0.3 is 61.7 Å². The number of esters is 3. The van der Waals surface area contributed by atoms with E-state index in [1.165, 1.54) is 19.1 Å². The molecule has 21 heteroatoms. The van der Waals surface area contributed by atoms with Crippen LogP contribution in [0, 0.1) is 0 Å². The van der Waals surface area contributed by atoms with Crippen LogP contribution in [0.2, 0.25) is 0 Å². The van der Waals surface area contributed by atoms with Crippen LogP contribution >= 0.6 is 11.8 Å². The van der Waals surface area contributed by atoms with Gasteiger partial charge in [-0.25, -0.2) is 14.4 Å². The van der Waals surface area contributed by atoms with Crippen molar-refractivity contribution in [1.29, 1.82) is 0 Å². The largest absolute Gasteiger partial charge is 0.468 e. The third-order valence-corrected chi connectivity index (χ3v) is 7.58. The van der Waals surface area contributed by atoms with Gasteiger partial charge in [-0.3, -0.25) is 19.8 Å². The number of carbonyl (C=O) groups is 5. The predicted octanol–water partition coefficient (Wildman–Crippen LogP) is -0.796. The maximum absolute atomic E-state index is 12.6. The van der Waals surface area contributed by atoms with Crippen LogP contribution in [0.4, 0.5) is 4.79 Å². The quantitative estimate of drug-likeness (QED) is 0.0268. The summed E-state index contributed by atoms with van der Waals surface area (Å²) in [6, 6.07) is -1.31. The van der Waals surface area contributed by atoms with Crippen molar-refractivity contribution in [3.63, 3.8) is 0 Å². The van der Waals surface area contributed by atoms with Gasteiger partial charge in [0.25, 0.3) is 0 Å². The van der Waals surface area contributed by atoms with E-state index in [9.17, 15) is 24.0 Å². The molecule has 0 aliphatic heterocycles. The van der Waals surface area contributed by atoms with Gasteiger partial charge in [0.1, 0.15) is 0 Å². The van der Waals surface area contributed by atoms with Gasteiger partial charge in [-0.15, -0.1) is 0 Å². The van der Waals surface area contributed by atoms with Crippen LogP contribution < -0.4 is 5.32 Å². The van der Waals surface area contributed by atoms with Crippen LogP contribution in [-0.2, 0) is 76.0 Å². The molecule has 0 aliphatic carbocycles. The fraction of sp³-hybridized carbons (Fsp3) is 0.848. The summed E-state index contributed by atoms with van der Waals surface area (Å²) in [6.07, 6.45) is -0.300. The maximum atomic E-state index is 12.6. The summed E-state index contributed by atoms with van der Waals surface area (Å²) in [5, 5.41) is 2.48. The van der Waals surface area contributed by atoms with Crippen molar-refractivity contribution in [2.24, 2.45) is 0 Å². The Morgan fingerprint density at radius 3 is 1.43 bits per heavy atom. The number of methoxy groups -OCH3 is 5. The van der Waals surface area contributed by atoms with E-state index in [1.54, 1.807) is 12.0 Å². The lowest BCUT2D eigenvalue weighted by Gasteiger charge is -2.26. The number of rotatable bonds is 37. The van der Waals surface area contributed by atoms with E-state index in [1.807, 2.05) is 0 Å². The highest BCUT2D eigenvalue weighted by Crippen LogP contribution is 2.06. The minimum Gasteiger partial charge on any atom is -0.468 e. The second kappa shape index (κ2) is 37.2. The van der Waals surface area contributed by atoms with E-state index in [-0.39, 0.29) is 56.9 Å². The van der Waals surface area contributed by atoms with Crippen LogP contribution in [0.1, 0.15) is 6.42 Å². The fourth-order valence-electron chi connectivity index (χ4n) is 4.02. The molecule has 54 heavy (non-hydrogen) atoms.